The Kier molecular flexibility index (Phi) is 2.52. The molecule has 1 rings (SSSR count). The van der Waals surface area contributed by atoms with Crippen molar-refractivity contribution in [2.45, 2.75) is 32.7 Å². The van der Waals surface area contributed by atoms with Crippen LogP contribution in [0.5, 0.6) is 0 Å². The summed E-state index contributed by atoms with van der Waals surface area (Å²) in [5.41, 5.74) is 12.1. The molecule has 0 radical (unpaired) electrons. The number of rotatable bonds is 2. The second-order valence-electron chi connectivity index (χ2n) is 4.00. The minimum atomic E-state index is -0.257. The zero-order chi connectivity index (χ0) is 10.1. The molecule has 0 aromatic carbocycles. The summed E-state index contributed by atoms with van der Waals surface area (Å²) in [5.74, 6) is 1.20. The van der Waals surface area contributed by atoms with Gasteiger partial charge in [0.15, 0.2) is 0 Å². The normalized spacial score (nSPS) is 11.7. The lowest BCUT2D eigenvalue weighted by molar-refractivity contribution is 0.509. The Morgan fingerprint density at radius 3 is 2.46 bits per heavy atom. The standard InChI is InChI=1S/C9H16N4/c1-6-12-7(4-8(10)13-6)5-9(2,3)11/h4H,5,11H2,1-3H3,(H2,10,12,13). The average molecular weight is 180 g/mol. The lowest BCUT2D eigenvalue weighted by atomic mass is 10.00. The summed E-state index contributed by atoms with van der Waals surface area (Å²) in [6.45, 7) is 5.74. The van der Waals surface area contributed by atoms with Crippen molar-refractivity contribution < 1.29 is 0 Å². The first-order valence-corrected chi connectivity index (χ1v) is 4.26. The van der Waals surface area contributed by atoms with Gasteiger partial charge >= 0.3 is 0 Å². The van der Waals surface area contributed by atoms with Gasteiger partial charge in [-0.3, -0.25) is 0 Å². The average Bonchev–Trinajstić information content (AvgIpc) is 1.78. The number of hydrogen-bond acceptors (Lipinski definition) is 4. The minimum Gasteiger partial charge on any atom is -0.384 e. The van der Waals surface area contributed by atoms with E-state index in [0.717, 1.165) is 5.69 Å². The van der Waals surface area contributed by atoms with Crippen molar-refractivity contribution in [1.82, 2.24) is 9.97 Å². The number of aryl methyl sites for hydroxylation is 1. The third-order valence-corrected chi connectivity index (χ3v) is 1.55. The number of nitrogens with zero attached hydrogens (tertiary/aromatic N) is 2. The van der Waals surface area contributed by atoms with Gasteiger partial charge in [-0.25, -0.2) is 9.97 Å². The van der Waals surface area contributed by atoms with Crippen molar-refractivity contribution in [3.63, 3.8) is 0 Å². The van der Waals surface area contributed by atoms with Gasteiger partial charge in [0, 0.05) is 23.7 Å². The maximum atomic E-state index is 5.87. The molecule has 0 aliphatic carbocycles. The number of anilines is 1. The van der Waals surface area contributed by atoms with E-state index in [1.54, 1.807) is 6.07 Å². The number of hydrogen-bond donors (Lipinski definition) is 2. The number of aromatic nitrogens is 2. The lowest BCUT2D eigenvalue weighted by Gasteiger charge is -2.17. The van der Waals surface area contributed by atoms with E-state index < -0.39 is 0 Å². The molecule has 1 aromatic heterocycles. The highest BCUT2D eigenvalue weighted by atomic mass is 14.9. The van der Waals surface area contributed by atoms with Crippen LogP contribution < -0.4 is 11.5 Å². The van der Waals surface area contributed by atoms with Gasteiger partial charge < -0.3 is 11.5 Å². The third kappa shape index (κ3) is 3.38. The molecule has 72 valence electrons. The topological polar surface area (TPSA) is 77.8 Å². The van der Waals surface area contributed by atoms with E-state index in [0.29, 0.717) is 18.1 Å². The van der Waals surface area contributed by atoms with E-state index >= 15 is 0 Å². The molecule has 0 amide bonds. The van der Waals surface area contributed by atoms with Crippen LogP contribution in [0.25, 0.3) is 0 Å². The molecule has 0 saturated carbocycles. The van der Waals surface area contributed by atoms with Gasteiger partial charge in [-0.2, -0.15) is 0 Å². The maximum Gasteiger partial charge on any atom is 0.127 e. The fourth-order valence-electron chi connectivity index (χ4n) is 1.21. The molecular weight excluding hydrogens is 164 g/mol. The van der Waals surface area contributed by atoms with Crippen LogP contribution >= 0.6 is 0 Å². The summed E-state index contributed by atoms with van der Waals surface area (Å²) in [4.78, 5) is 8.24. The Labute approximate surface area is 78.4 Å². The zero-order valence-electron chi connectivity index (χ0n) is 8.33. The SMILES string of the molecule is Cc1nc(N)cc(CC(C)(C)N)n1. The van der Waals surface area contributed by atoms with Crippen LogP contribution in [-0.2, 0) is 6.42 Å². The second kappa shape index (κ2) is 3.30. The lowest BCUT2D eigenvalue weighted by Crippen LogP contribution is -2.34. The second-order valence-corrected chi connectivity index (χ2v) is 4.00. The van der Waals surface area contributed by atoms with Gasteiger partial charge in [0.2, 0.25) is 0 Å². The van der Waals surface area contributed by atoms with E-state index in [1.807, 2.05) is 20.8 Å². The molecule has 4 N–H and O–H groups in total. The van der Waals surface area contributed by atoms with Crippen LogP contribution in [0.15, 0.2) is 6.07 Å². The van der Waals surface area contributed by atoms with Gasteiger partial charge in [-0.1, -0.05) is 0 Å². The zero-order valence-corrected chi connectivity index (χ0v) is 8.33. The Morgan fingerprint density at radius 2 is 2.00 bits per heavy atom. The highest BCUT2D eigenvalue weighted by molar-refractivity contribution is 5.30. The summed E-state index contributed by atoms with van der Waals surface area (Å²) >= 11 is 0. The molecule has 0 aliphatic heterocycles. The fourth-order valence-corrected chi connectivity index (χ4v) is 1.21. The molecule has 4 nitrogen and oxygen atoms in total. The molecule has 0 unspecified atom stereocenters. The quantitative estimate of drug-likeness (QED) is 0.700. The Hall–Kier alpha value is -1.16. The van der Waals surface area contributed by atoms with Crippen molar-refractivity contribution in [2.24, 2.45) is 5.73 Å². The molecule has 1 aromatic rings. The number of nitrogens with two attached hydrogens (primary N) is 2. The summed E-state index contributed by atoms with van der Waals surface area (Å²) < 4.78 is 0. The highest BCUT2D eigenvalue weighted by Crippen LogP contribution is 2.09. The fraction of sp³-hybridized carbons (Fsp3) is 0.556. The highest BCUT2D eigenvalue weighted by Gasteiger charge is 2.13. The van der Waals surface area contributed by atoms with E-state index in [9.17, 15) is 0 Å². The third-order valence-electron chi connectivity index (χ3n) is 1.55. The predicted octanol–water partition coefficient (Wildman–Crippen LogP) is 0.647. The van der Waals surface area contributed by atoms with Gasteiger partial charge in [-0.05, 0) is 20.8 Å². The van der Waals surface area contributed by atoms with Crippen LogP contribution in [0.4, 0.5) is 5.82 Å². The van der Waals surface area contributed by atoms with Crippen molar-refractivity contribution >= 4 is 5.82 Å². The molecular formula is C9H16N4. The molecule has 0 aliphatic rings. The monoisotopic (exact) mass is 180 g/mol. The van der Waals surface area contributed by atoms with Gasteiger partial charge in [-0.15, -0.1) is 0 Å². The molecule has 1 heterocycles. The first-order chi connectivity index (χ1) is 5.87. The van der Waals surface area contributed by atoms with Gasteiger partial charge in [0.05, 0.1) is 0 Å². The van der Waals surface area contributed by atoms with Gasteiger partial charge in [0.25, 0.3) is 0 Å². The number of nitrogen functional groups attached to an aromatic ring is 1. The molecule has 0 saturated heterocycles. The predicted molar refractivity (Wildman–Crippen MR) is 53.2 cm³/mol. The summed E-state index contributed by atoms with van der Waals surface area (Å²) in [6, 6.07) is 1.77. The van der Waals surface area contributed by atoms with Crippen LogP contribution in [0.3, 0.4) is 0 Å². The van der Waals surface area contributed by atoms with Crippen LogP contribution in [0, 0.1) is 6.92 Å². The first-order valence-electron chi connectivity index (χ1n) is 4.26. The van der Waals surface area contributed by atoms with Crippen molar-refractivity contribution in [2.75, 3.05) is 5.73 Å². The van der Waals surface area contributed by atoms with E-state index in [1.165, 1.54) is 0 Å². The van der Waals surface area contributed by atoms with Crippen LogP contribution in [0.2, 0.25) is 0 Å². The molecule has 4 heteroatoms. The molecule has 13 heavy (non-hydrogen) atoms. The molecule has 0 fully saturated rings. The molecule has 0 bridgehead atoms. The summed E-state index contributed by atoms with van der Waals surface area (Å²) in [7, 11) is 0. The van der Waals surface area contributed by atoms with Crippen molar-refractivity contribution in [3.8, 4) is 0 Å². The van der Waals surface area contributed by atoms with Crippen LogP contribution in [0.1, 0.15) is 25.4 Å². The largest absolute Gasteiger partial charge is 0.384 e. The Bertz CT molecular complexity index is 281. The van der Waals surface area contributed by atoms with E-state index in [2.05, 4.69) is 9.97 Å². The molecule has 0 atom stereocenters. The smallest absolute Gasteiger partial charge is 0.127 e. The Balaban J connectivity index is 2.90. The Morgan fingerprint density at radius 1 is 1.38 bits per heavy atom. The van der Waals surface area contributed by atoms with Gasteiger partial charge in [0.1, 0.15) is 11.6 Å². The summed E-state index contributed by atoms with van der Waals surface area (Å²) in [5, 5.41) is 0. The van der Waals surface area contributed by atoms with Crippen molar-refractivity contribution in [3.05, 3.63) is 17.6 Å². The first kappa shape index (κ1) is 9.92. The van der Waals surface area contributed by atoms with Crippen molar-refractivity contribution in [1.29, 1.82) is 0 Å². The maximum absolute atomic E-state index is 5.87. The van der Waals surface area contributed by atoms with Crippen LogP contribution in [-0.4, -0.2) is 15.5 Å². The molecule has 0 spiro atoms. The van der Waals surface area contributed by atoms with E-state index in [4.69, 9.17) is 11.5 Å². The summed E-state index contributed by atoms with van der Waals surface area (Å²) in [6.07, 6.45) is 0.709. The van der Waals surface area contributed by atoms with E-state index in [-0.39, 0.29) is 5.54 Å². The minimum absolute atomic E-state index is 0.257.